The van der Waals surface area contributed by atoms with Gasteiger partial charge in [0.05, 0.1) is 5.56 Å². The Balaban J connectivity index is 2.07. The van der Waals surface area contributed by atoms with E-state index in [0.29, 0.717) is 12.4 Å². The lowest BCUT2D eigenvalue weighted by molar-refractivity contribution is 0.101. The van der Waals surface area contributed by atoms with Crippen LogP contribution in [-0.2, 0) is 6.61 Å². The van der Waals surface area contributed by atoms with Crippen LogP contribution in [0, 0.1) is 5.82 Å². The molecule has 0 fully saturated rings. The minimum Gasteiger partial charge on any atom is -0.489 e. The van der Waals surface area contributed by atoms with E-state index < -0.39 is 5.82 Å². The first-order valence-corrected chi connectivity index (χ1v) is 6.05. The normalized spacial score (nSPS) is 10.2. The maximum atomic E-state index is 13.5. The maximum Gasteiger partial charge on any atom is 0.162 e. The lowest BCUT2D eigenvalue weighted by atomic mass is 10.1. The predicted octanol–water partition coefficient (Wildman–Crippen LogP) is 3.67. The molecule has 17 heavy (non-hydrogen) atoms. The van der Waals surface area contributed by atoms with Crippen molar-refractivity contribution in [1.82, 2.24) is 0 Å². The molecule has 2 nitrogen and oxygen atoms in total. The van der Waals surface area contributed by atoms with Crippen molar-refractivity contribution >= 4 is 17.1 Å². The van der Waals surface area contributed by atoms with Crippen molar-refractivity contribution in [3.05, 3.63) is 52.0 Å². The molecule has 0 aliphatic carbocycles. The molecule has 4 heteroatoms. The molecule has 0 unspecified atom stereocenters. The highest BCUT2D eigenvalue weighted by Gasteiger charge is 2.08. The van der Waals surface area contributed by atoms with Crippen LogP contribution in [0.1, 0.15) is 22.8 Å². The third-order valence-electron chi connectivity index (χ3n) is 2.31. The van der Waals surface area contributed by atoms with Gasteiger partial charge in [-0.25, -0.2) is 4.39 Å². The van der Waals surface area contributed by atoms with Crippen molar-refractivity contribution in [3.8, 4) is 5.75 Å². The van der Waals surface area contributed by atoms with Crippen LogP contribution in [-0.4, -0.2) is 5.78 Å². The SMILES string of the molecule is CC(=O)c1ccc(OCc2ccsc2)cc1F. The molecule has 1 aromatic carbocycles. The van der Waals surface area contributed by atoms with Gasteiger partial charge in [0.1, 0.15) is 18.2 Å². The highest BCUT2D eigenvalue weighted by atomic mass is 32.1. The van der Waals surface area contributed by atoms with Crippen molar-refractivity contribution in [2.24, 2.45) is 0 Å². The number of carbonyl (C=O) groups is 1. The quantitative estimate of drug-likeness (QED) is 0.774. The third-order valence-corrected chi connectivity index (χ3v) is 3.04. The number of thiophene rings is 1. The van der Waals surface area contributed by atoms with Crippen LogP contribution in [0.5, 0.6) is 5.75 Å². The van der Waals surface area contributed by atoms with Gasteiger partial charge < -0.3 is 4.74 Å². The summed E-state index contributed by atoms with van der Waals surface area (Å²) in [5, 5.41) is 3.93. The van der Waals surface area contributed by atoms with Crippen molar-refractivity contribution in [2.75, 3.05) is 0 Å². The number of hydrogen-bond donors (Lipinski definition) is 0. The predicted molar refractivity (Wildman–Crippen MR) is 65.1 cm³/mol. The van der Waals surface area contributed by atoms with Gasteiger partial charge in [0.25, 0.3) is 0 Å². The fraction of sp³-hybridized carbons (Fsp3) is 0.154. The zero-order valence-electron chi connectivity index (χ0n) is 9.27. The summed E-state index contributed by atoms with van der Waals surface area (Å²) >= 11 is 1.59. The Kier molecular flexibility index (Phi) is 3.54. The third kappa shape index (κ3) is 2.91. The van der Waals surface area contributed by atoms with Crippen molar-refractivity contribution < 1.29 is 13.9 Å². The number of carbonyl (C=O) groups excluding carboxylic acids is 1. The van der Waals surface area contributed by atoms with Gasteiger partial charge in [0.15, 0.2) is 5.78 Å². The van der Waals surface area contributed by atoms with Gasteiger partial charge in [-0.15, -0.1) is 0 Å². The molecule has 1 heterocycles. The second kappa shape index (κ2) is 5.10. The molecule has 0 spiro atoms. The van der Waals surface area contributed by atoms with E-state index in [1.54, 1.807) is 17.4 Å². The van der Waals surface area contributed by atoms with Crippen LogP contribution in [0.4, 0.5) is 4.39 Å². The van der Waals surface area contributed by atoms with Crippen LogP contribution in [0.15, 0.2) is 35.0 Å². The number of Topliss-reactive ketones (excluding diaryl/α,β-unsaturated/α-hetero) is 1. The molecule has 0 radical (unpaired) electrons. The first-order valence-electron chi connectivity index (χ1n) is 5.11. The molecule has 0 aliphatic rings. The molecule has 0 saturated heterocycles. The van der Waals surface area contributed by atoms with Crippen LogP contribution in [0.3, 0.4) is 0 Å². The molecule has 0 saturated carbocycles. The van der Waals surface area contributed by atoms with Crippen LogP contribution in [0.2, 0.25) is 0 Å². The molecule has 2 aromatic rings. The molecule has 0 bridgehead atoms. The zero-order chi connectivity index (χ0) is 12.3. The summed E-state index contributed by atoms with van der Waals surface area (Å²) in [4.78, 5) is 11.0. The number of rotatable bonds is 4. The van der Waals surface area contributed by atoms with Gasteiger partial charge in [-0.2, -0.15) is 11.3 Å². The minimum absolute atomic E-state index is 0.0906. The highest BCUT2D eigenvalue weighted by Crippen LogP contribution is 2.18. The molecule has 88 valence electrons. The van der Waals surface area contributed by atoms with Crippen LogP contribution >= 0.6 is 11.3 Å². The van der Waals surface area contributed by atoms with Gasteiger partial charge in [-0.1, -0.05) is 0 Å². The monoisotopic (exact) mass is 250 g/mol. The number of halogens is 1. The standard InChI is InChI=1S/C13H11FO2S/c1-9(15)12-3-2-11(6-13(12)14)16-7-10-4-5-17-8-10/h2-6,8H,7H2,1H3. The molecule has 0 N–H and O–H groups in total. The van der Waals surface area contributed by atoms with Crippen molar-refractivity contribution in [3.63, 3.8) is 0 Å². The Labute approximate surface area is 103 Å². The summed E-state index contributed by atoms with van der Waals surface area (Å²) in [5.41, 5.74) is 1.14. The fourth-order valence-corrected chi connectivity index (χ4v) is 2.07. The summed E-state index contributed by atoms with van der Waals surface area (Å²) in [6, 6.07) is 6.24. The van der Waals surface area contributed by atoms with Gasteiger partial charge in [0.2, 0.25) is 0 Å². The van der Waals surface area contributed by atoms with E-state index in [4.69, 9.17) is 4.74 Å². The molecule has 0 aliphatic heterocycles. The van der Waals surface area contributed by atoms with Crippen molar-refractivity contribution in [2.45, 2.75) is 13.5 Å². The molecule has 1 aromatic heterocycles. The van der Waals surface area contributed by atoms with Crippen LogP contribution < -0.4 is 4.74 Å². The molecule has 2 rings (SSSR count). The smallest absolute Gasteiger partial charge is 0.162 e. The molecular weight excluding hydrogens is 239 g/mol. The Morgan fingerprint density at radius 1 is 1.41 bits per heavy atom. The zero-order valence-corrected chi connectivity index (χ0v) is 10.1. The number of hydrogen-bond acceptors (Lipinski definition) is 3. The van der Waals surface area contributed by atoms with E-state index in [1.807, 2.05) is 16.8 Å². The summed E-state index contributed by atoms with van der Waals surface area (Å²) in [6.45, 7) is 1.74. The van der Waals surface area contributed by atoms with E-state index in [-0.39, 0.29) is 11.3 Å². The number of ether oxygens (including phenoxy) is 1. The van der Waals surface area contributed by atoms with Gasteiger partial charge in [-0.05, 0) is 41.4 Å². The topological polar surface area (TPSA) is 26.3 Å². The van der Waals surface area contributed by atoms with Gasteiger partial charge >= 0.3 is 0 Å². The van der Waals surface area contributed by atoms with Gasteiger partial charge in [-0.3, -0.25) is 4.79 Å². The summed E-state index contributed by atoms with van der Waals surface area (Å²) < 4.78 is 18.9. The average Bonchev–Trinajstić information content (AvgIpc) is 2.78. The first kappa shape index (κ1) is 11.8. The summed E-state index contributed by atoms with van der Waals surface area (Å²) in [6.07, 6.45) is 0. The lowest BCUT2D eigenvalue weighted by Gasteiger charge is -2.06. The second-order valence-electron chi connectivity index (χ2n) is 3.62. The average molecular weight is 250 g/mol. The van der Waals surface area contributed by atoms with E-state index in [2.05, 4.69) is 0 Å². The maximum absolute atomic E-state index is 13.5. The van der Waals surface area contributed by atoms with E-state index in [9.17, 15) is 9.18 Å². The fourth-order valence-electron chi connectivity index (χ4n) is 1.41. The van der Waals surface area contributed by atoms with E-state index >= 15 is 0 Å². The Morgan fingerprint density at radius 3 is 2.82 bits per heavy atom. The molecule has 0 atom stereocenters. The minimum atomic E-state index is -0.541. The largest absolute Gasteiger partial charge is 0.489 e. The van der Waals surface area contributed by atoms with Crippen molar-refractivity contribution in [1.29, 1.82) is 0 Å². The lowest BCUT2D eigenvalue weighted by Crippen LogP contribution is -1.99. The van der Waals surface area contributed by atoms with E-state index in [1.165, 1.54) is 19.1 Å². The van der Waals surface area contributed by atoms with Gasteiger partial charge in [0, 0.05) is 6.07 Å². The second-order valence-corrected chi connectivity index (χ2v) is 4.40. The molecular formula is C13H11FO2S. The summed E-state index contributed by atoms with van der Waals surface area (Å²) in [5.74, 6) is -0.397. The Hall–Kier alpha value is -1.68. The van der Waals surface area contributed by atoms with E-state index in [0.717, 1.165) is 5.56 Å². The number of benzene rings is 1. The Bertz CT molecular complexity index is 520. The summed E-state index contributed by atoms with van der Waals surface area (Å²) in [7, 11) is 0. The number of ketones is 1. The molecule has 0 amide bonds. The highest BCUT2D eigenvalue weighted by molar-refractivity contribution is 7.07. The van der Waals surface area contributed by atoms with Crippen LogP contribution in [0.25, 0.3) is 0 Å². The first-order chi connectivity index (χ1) is 8.16. The Morgan fingerprint density at radius 2 is 2.24 bits per heavy atom.